The standard InChI is InChI=1S/C11H17NO2/c1-2-3-12-11-5-9(7-13)4-10(6-11)8-14/h4-6,12-14H,2-3,7-8H2,1H3. The maximum absolute atomic E-state index is 9.00. The van der Waals surface area contributed by atoms with Crippen LogP contribution in [0.2, 0.25) is 0 Å². The second-order valence-corrected chi connectivity index (χ2v) is 3.28. The van der Waals surface area contributed by atoms with Gasteiger partial charge >= 0.3 is 0 Å². The molecule has 14 heavy (non-hydrogen) atoms. The lowest BCUT2D eigenvalue weighted by Crippen LogP contribution is -2.01. The summed E-state index contributed by atoms with van der Waals surface area (Å²) in [6.45, 7) is 3.01. The highest BCUT2D eigenvalue weighted by Gasteiger charge is 1.99. The van der Waals surface area contributed by atoms with Gasteiger partial charge in [-0.3, -0.25) is 0 Å². The third-order valence-electron chi connectivity index (χ3n) is 2.00. The van der Waals surface area contributed by atoms with Gasteiger partial charge in [0.1, 0.15) is 0 Å². The number of hydrogen-bond acceptors (Lipinski definition) is 3. The highest BCUT2D eigenvalue weighted by atomic mass is 16.3. The van der Waals surface area contributed by atoms with E-state index < -0.39 is 0 Å². The van der Waals surface area contributed by atoms with E-state index in [0.717, 1.165) is 29.8 Å². The summed E-state index contributed by atoms with van der Waals surface area (Å²) in [7, 11) is 0. The number of aliphatic hydroxyl groups excluding tert-OH is 2. The SMILES string of the molecule is CCCNc1cc(CO)cc(CO)c1. The molecule has 0 aliphatic carbocycles. The number of benzene rings is 1. The second kappa shape index (κ2) is 5.62. The van der Waals surface area contributed by atoms with Crippen molar-refractivity contribution in [2.24, 2.45) is 0 Å². The molecule has 0 fully saturated rings. The summed E-state index contributed by atoms with van der Waals surface area (Å²) in [6, 6.07) is 5.60. The average Bonchev–Trinajstić information content (AvgIpc) is 2.25. The van der Waals surface area contributed by atoms with Gasteiger partial charge in [0.05, 0.1) is 13.2 Å². The van der Waals surface area contributed by atoms with Gasteiger partial charge in [-0.15, -0.1) is 0 Å². The lowest BCUT2D eigenvalue weighted by Gasteiger charge is -2.08. The summed E-state index contributed by atoms with van der Waals surface area (Å²) in [5.41, 5.74) is 2.62. The molecule has 1 aromatic carbocycles. The number of nitrogens with one attached hydrogen (secondary N) is 1. The molecular formula is C11H17NO2. The first-order chi connectivity index (χ1) is 6.80. The summed E-state index contributed by atoms with van der Waals surface area (Å²) in [5, 5.41) is 21.2. The largest absolute Gasteiger partial charge is 0.392 e. The van der Waals surface area contributed by atoms with Crippen LogP contribution in [0.15, 0.2) is 18.2 Å². The van der Waals surface area contributed by atoms with Crippen LogP contribution < -0.4 is 5.32 Å². The molecule has 0 atom stereocenters. The Morgan fingerprint density at radius 1 is 1.07 bits per heavy atom. The fourth-order valence-electron chi connectivity index (χ4n) is 1.32. The van der Waals surface area contributed by atoms with E-state index in [-0.39, 0.29) is 13.2 Å². The molecule has 0 aromatic heterocycles. The highest BCUT2D eigenvalue weighted by Crippen LogP contribution is 2.15. The average molecular weight is 195 g/mol. The highest BCUT2D eigenvalue weighted by molar-refractivity contribution is 5.48. The van der Waals surface area contributed by atoms with E-state index in [2.05, 4.69) is 12.2 Å². The lowest BCUT2D eigenvalue weighted by atomic mass is 10.1. The number of rotatable bonds is 5. The minimum Gasteiger partial charge on any atom is -0.392 e. The Morgan fingerprint density at radius 2 is 1.64 bits per heavy atom. The fourth-order valence-corrected chi connectivity index (χ4v) is 1.32. The molecule has 0 saturated carbocycles. The molecule has 0 bridgehead atoms. The zero-order chi connectivity index (χ0) is 10.4. The monoisotopic (exact) mass is 195 g/mol. The van der Waals surface area contributed by atoms with Crippen molar-refractivity contribution >= 4 is 5.69 Å². The van der Waals surface area contributed by atoms with Crippen LogP contribution in [0.25, 0.3) is 0 Å². The Hall–Kier alpha value is -1.06. The molecule has 3 N–H and O–H groups in total. The maximum atomic E-state index is 9.00. The minimum absolute atomic E-state index is 0.00858. The predicted octanol–water partition coefficient (Wildman–Crippen LogP) is 1.49. The van der Waals surface area contributed by atoms with Crippen LogP contribution in [0.5, 0.6) is 0 Å². The zero-order valence-corrected chi connectivity index (χ0v) is 8.45. The third-order valence-corrected chi connectivity index (χ3v) is 2.00. The summed E-state index contributed by atoms with van der Waals surface area (Å²) < 4.78 is 0. The van der Waals surface area contributed by atoms with Crippen molar-refractivity contribution in [3.05, 3.63) is 29.3 Å². The van der Waals surface area contributed by atoms with E-state index >= 15 is 0 Å². The van der Waals surface area contributed by atoms with Crippen molar-refractivity contribution < 1.29 is 10.2 Å². The molecule has 1 rings (SSSR count). The van der Waals surface area contributed by atoms with Gasteiger partial charge in [0, 0.05) is 12.2 Å². The van der Waals surface area contributed by atoms with Crippen molar-refractivity contribution in [1.29, 1.82) is 0 Å². The predicted molar refractivity (Wildman–Crippen MR) is 57.1 cm³/mol. The van der Waals surface area contributed by atoms with E-state index in [1.165, 1.54) is 0 Å². The fraction of sp³-hybridized carbons (Fsp3) is 0.455. The van der Waals surface area contributed by atoms with Crippen LogP contribution in [-0.4, -0.2) is 16.8 Å². The van der Waals surface area contributed by atoms with Crippen molar-refractivity contribution in [3.8, 4) is 0 Å². The molecule has 0 spiro atoms. The summed E-state index contributed by atoms with van der Waals surface area (Å²) in [6.07, 6.45) is 1.05. The lowest BCUT2D eigenvalue weighted by molar-refractivity contribution is 0.275. The first-order valence-corrected chi connectivity index (χ1v) is 4.88. The second-order valence-electron chi connectivity index (χ2n) is 3.28. The van der Waals surface area contributed by atoms with Crippen LogP contribution in [0.4, 0.5) is 5.69 Å². The van der Waals surface area contributed by atoms with Crippen molar-refractivity contribution in [2.45, 2.75) is 26.6 Å². The maximum Gasteiger partial charge on any atom is 0.0682 e. The molecule has 0 amide bonds. The molecule has 0 aliphatic rings. The minimum atomic E-state index is 0.00858. The number of aliphatic hydroxyl groups is 2. The summed E-state index contributed by atoms with van der Waals surface area (Å²) in [5.74, 6) is 0. The molecule has 0 saturated heterocycles. The Morgan fingerprint density at radius 3 is 2.07 bits per heavy atom. The molecule has 0 radical (unpaired) electrons. The Kier molecular flexibility index (Phi) is 4.43. The summed E-state index contributed by atoms with van der Waals surface area (Å²) in [4.78, 5) is 0. The van der Waals surface area contributed by atoms with Crippen LogP contribution in [0, 0.1) is 0 Å². The topological polar surface area (TPSA) is 52.5 Å². The van der Waals surface area contributed by atoms with E-state index in [1.54, 1.807) is 6.07 Å². The van der Waals surface area contributed by atoms with Gasteiger partial charge in [-0.1, -0.05) is 13.0 Å². The molecular weight excluding hydrogens is 178 g/mol. The Balaban J connectivity index is 2.81. The normalized spacial score (nSPS) is 10.2. The van der Waals surface area contributed by atoms with E-state index in [4.69, 9.17) is 10.2 Å². The molecule has 3 nitrogen and oxygen atoms in total. The van der Waals surface area contributed by atoms with Crippen LogP contribution in [0.3, 0.4) is 0 Å². The Labute approximate surface area is 84.4 Å². The van der Waals surface area contributed by atoms with E-state index in [9.17, 15) is 0 Å². The number of anilines is 1. The van der Waals surface area contributed by atoms with Crippen LogP contribution in [0.1, 0.15) is 24.5 Å². The van der Waals surface area contributed by atoms with Gasteiger partial charge < -0.3 is 15.5 Å². The smallest absolute Gasteiger partial charge is 0.0682 e. The number of hydrogen-bond donors (Lipinski definition) is 3. The molecule has 0 aliphatic heterocycles. The molecule has 78 valence electrons. The van der Waals surface area contributed by atoms with Gasteiger partial charge in [0.2, 0.25) is 0 Å². The third kappa shape index (κ3) is 3.01. The first kappa shape index (κ1) is 11.0. The molecule has 0 unspecified atom stereocenters. The van der Waals surface area contributed by atoms with E-state index in [1.807, 2.05) is 12.1 Å². The van der Waals surface area contributed by atoms with Crippen molar-refractivity contribution in [2.75, 3.05) is 11.9 Å². The quantitative estimate of drug-likeness (QED) is 0.667. The van der Waals surface area contributed by atoms with Gasteiger partial charge in [-0.05, 0) is 29.7 Å². The molecule has 3 heteroatoms. The molecule has 1 aromatic rings. The van der Waals surface area contributed by atoms with Crippen LogP contribution in [-0.2, 0) is 13.2 Å². The molecule has 0 heterocycles. The van der Waals surface area contributed by atoms with Crippen molar-refractivity contribution in [1.82, 2.24) is 0 Å². The van der Waals surface area contributed by atoms with Crippen molar-refractivity contribution in [3.63, 3.8) is 0 Å². The van der Waals surface area contributed by atoms with Crippen LogP contribution >= 0.6 is 0 Å². The first-order valence-electron chi connectivity index (χ1n) is 4.88. The zero-order valence-electron chi connectivity index (χ0n) is 8.45. The van der Waals surface area contributed by atoms with Gasteiger partial charge in [0.25, 0.3) is 0 Å². The van der Waals surface area contributed by atoms with E-state index in [0.29, 0.717) is 0 Å². The van der Waals surface area contributed by atoms with Gasteiger partial charge in [-0.2, -0.15) is 0 Å². The Bertz CT molecular complexity index is 264. The van der Waals surface area contributed by atoms with Gasteiger partial charge in [-0.25, -0.2) is 0 Å². The van der Waals surface area contributed by atoms with Gasteiger partial charge in [0.15, 0.2) is 0 Å². The summed E-state index contributed by atoms with van der Waals surface area (Å²) >= 11 is 0.